The van der Waals surface area contributed by atoms with Crippen molar-refractivity contribution in [3.05, 3.63) is 77.6 Å². The van der Waals surface area contributed by atoms with Crippen LogP contribution in [0.25, 0.3) is 5.69 Å². The molecule has 1 aliphatic carbocycles. The van der Waals surface area contributed by atoms with Gasteiger partial charge < -0.3 is 10.1 Å². The lowest BCUT2D eigenvalue weighted by Crippen LogP contribution is -2.36. The summed E-state index contributed by atoms with van der Waals surface area (Å²) in [6.07, 6.45) is 4.84. The minimum atomic E-state index is -0.0219. The van der Waals surface area contributed by atoms with Gasteiger partial charge in [-0.3, -0.25) is 4.79 Å². The van der Waals surface area contributed by atoms with Crippen molar-refractivity contribution in [3.63, 3.8) is 0 Å². The monoisotopic (exact) mass is 403 g/mol. The summed E-state index contributed by atoms with van der Waals surface area (Å²) in [5.74, 6) is 0.887. The number of rotatable bonds is 6. The smallest absolute Gasteiger partial charge is 0.220 e. The lowest BCUT2D eigenvalue weighted by atomic mass is 9.74. The summed E-state index contributed by atoms with van der Waals surface area (Å²) in [4.78, 5) is 12.8. The Morgan fingerprint density at radius 3 is 2.67 bits per heavy atom. The summed E-state index contributed by atoms with van der Waals surface area (Å²) >= 11 is 0. The van der Waals surface area contributed by atoms with Gasteiger partial charge in [-0.2, -0.15) is 5.10 Å². The third-order valence-corrected chi connectivity index (χ3v) is 5.83. The number of nitrogens with one attached hydrogen (secondary N) is 1. The Morgan fingerprint density at radius 1 is 1.17 bits per heavy atom. The van der Waals surface area contributed by atoms with Crippen LogP contribution in [-0.2, 0) is 17.6 Å². The molecule has 0 unspecified atom stereocenters. The number of carbonyl (C=O) groups is 1. The van der Waals surface area contributed by atoms with Crippen LogP contribution in [0.3, 0.4) is 0 Å². The van der Waals surface area contributed by atoms with Crippen LogP contribution in [0, 0.1) is 5.41 Å². The van der Waals surface area contributed by atoms with Crippen LogP contribution in [0.15, 0.2) is 60.8 Å². The van der Waals surface area contributed by atoms with E-state index in [-0.39, 0.29) is 17.4 Å². The largest absolute Gasteiger partial charge is 0.496 e. The van der Waals surface area contributed by atoms with Crippen molar-refractivity contribution in [2.45, 2.75) is 45.6 Å². The number of para-hydroxylation sites is 2. The third-order valence-electron chi connectivity index (χ3n) is 5.83. The molecule has 0 bridgehead atoms. The van der Waals surface area contributed by atoms with E-state index in [0.717, 1.165) is 35.4 Å². The summed E-state index contributed by atoms with van der Waals surface area (Å²) in [5, 5.41) is 7.93. The van der Waals surface area contributed by atoms with E-state index in [1.54, 1.807) is 7.11 Å². The zero-order valence-corrected chi connectivity index (χ0v) is 17.9. The molecular weight excluding hydrogens is 374 g/mol. The quantitative estimate of drug-likeness (QED) is 0.652. The minimum absolute atomic E-state index is 0.0219. The summed E-state index contributed by atoms with van der Waals surface area (Å²) in [7, 11) is 1.66. The van der Waals surface area contributed by atoms with E-state index in [1.165, 1.54) is 5.69 Å². The number of carbonyl (C=O) groups excluding carboxylic acids is 1. The van der Waals surface area contributed by atoms with Gasteiger partial charge in [-0.15, -0.1) is 0 Å². The second-order valence-electron chi connectivity index (χ2n) is 8.77. The fourth-order valence-electron chi connectivity index (χ4n) is 4.39. The van der Waals surface area contributed by atoms with Gasteiger partial charge in [0.25, 0.3) is 0 Å². The first-order valence-corrected chi connectivity index (χ1v) is 10.5. The zero-order valence-electron chi connectivity index (χ0n) is 17.9. The standard InChI is InChI=1S/C25H29N3O2/c1-25(2)15-21(27-24(29)14-13-18-9-7-8-12-23(18)30-3)20-17-26-28(22(20)16-25)19-10-5-4-6-11-19/h4-12,17,21H,13-16H2,1-3H3,(H,27,29)/t21-/m0/s1. The molecule has 156 valence electrons. The molecule has 1 aromatic heterocycles. The molecule has 5 nitrogen and oxygen atoms in total. The number of methoxy groups -OCH3 is 1. The molecule has 1 amide bonds. The first-order valence-electron chi connectivity index (χ1n) is 10.5. The number of aromatic nitrogens is 2. The van der Waals surface area contributed by atoms with Gasteiger partial charge in [0.15, 0.2) is 0 Å². The highest BCUT2D eigenvalue weighted by Gasteiger charge is 2.35. The van der Waals surface area contributed by atoms with Gasteiger partial charge in [-0.25, -0.2) is 4.68 Å². The SMILES string of the molecule is COc1ccccc1CCC(=O)N[C@H]1CC(C)(C)Cc2c1cnn2-c1ccccc1. The van der Waals surface area contributed by atoms with Crippen molar-refractivity contribution in [3.8, 4) is 11.4 Å². The summed E-state index contributed by atoms with van der Waals surface area (Å²) < 4.78 is 7.42. The zero-order chi connectivity index (χ0) is 21.1. The molecule has 2 aromatic carbocycles. The van der Waals surface area contributed by atoms with Gasteiger partial charge >= 0.3 is 0 Å². The third kappa shape index (κ3) is 4.25. The molecule has 0 radical (unpaired) electrons. The molecule has 3 aromatic rings. The van der Waals surface area contributed by atoms with E-state index in [4.69, 9.17) is 4.74 Å². The first kappa shape index (κ1) is 20.2. The van der Waals surface area contributed by atoms with Crippen LogP contribution in [0.4, 0.5) is 0 Å². The predicted octanol–water partition coefficient (Wildman–Crippen LogP) is 4.64. The Kier molecular flexibility index (Phi) is 5.62. The molecule has 30 heavy (non-hydrogen) atoms. The van der Waals surface area contributed by atoms with E-state index < -0.39 is 0 Å². The topological polar surface area (TPSA) is 56.1 Å². The van der Waals surface area contributed by atoms with Gasteiger partial charge in [-0.05, 0) is 48.4 Å². The maximum atomic E-state index is 12.8. The van der Waals surface area contributed by atoms with E-state index in [9.17, 15) is 4.79 Å². The molecular formula is C25H29N3O2. The lowest BCUT2D eigenvalue weighted by molar-refractivity contribution is -0.122. The normalized spacial score (nSPS) is 17.2. The average Bonchev–Trinajstić information content (AvgIpc) is 3.15. The van der Waals surface area contributed by atoms with Crippen LogP contribution >= 0.6 is 0 Å². The highest BCUT2D eigenvalue weighted by Crippen LogP contribution is 2.41. The Labute approximate surface area is 178 Å². The number of ether oxygens (including phenoxy) is 1. The van der Waals surface area contributed by atoms with E-state index in [1.807, 2.05) is 53.3 Å². The van der Waals surface area contributed by atoms with E-state index in [2.05, 4.69) is 36.4 Å². The van der Waals surface area contributed by atoms with Crippen molar-refractivity contribution in [1.29, 1.82) is 0 Å². The predicted molar refractivity (Wildman–Crippen MR) is 118 cm³/mol. The molecule has 4 rings (SSSR count). The highest BCUT2D eigenvalue weighted by atomic mass is 16.5. The van der Waals surface area contributed by atoms with Gasteiger partial charge in [0, 0.05) is 12.0 Å². The molecule has 5 heteroatoms. The molecule has 0 saturated heterocycles. The fourth-order valence-corrected chi connectivity index (χ4v) is 4.39. The second-order valence-corrected chi connectivity index (χ2v) is 8.77. The number of amides is 1. The maximum absolute atomic E-state index is 12.8. The summed E-state index contributed by atoms with van der Waals surface area (Å²) in [5.41, 5.74) is 4.51. The summed E-state index contributed by atoms with van der Waals surface area (Å²) in [6, 6.07) is 18.0. The van der Waals surface area contributed by atoms with Crippen LogP contribution < -0.4 is 10.1 Å². The van der Waals surface area contributed by atoms with Gasteiger partial charge in [-0.1, -0.05) is 50.2 Å². The molecule has 0 aliphatic heterocycles. The average molecular weight is 404 g/mol. The second kappa shape index (κ2) is 8.34. The molecule has 0 saturated carbocycles. The molecule has 1 heterocycles. The van der Waals surface area contributed by atoms with Crippen LogP contribution in [0.2, 0.25) is 0 Å². The van der Waals surface area contributed by atoms with Crippen LogP contribution in [0.1, 0.15) is 49.6 Å². The number of hydrogen-bond acceptors (Lipinski definition) is 3. The number of nitrogens with zero attached hydrogens (tertiary/aromatic N) is 2. The molecule has 0 spiro atoms. The van der Waals surface area contributed by atoms with Crippen molar-refractivity contribution < 1.29 is 9.53 Å². The van der Waals surface area contributed by atoms with E-state index >= 15 is 0 Å². The van der Waals surface area contributed by atoms with Gasteiger partial charge in [0.05, 0.1) is 30.7 Å². The number of hydrogen-bond donors (Lipinski definition) is 1. The molecule has 1 N–H and O–H groups in total. The first-order chi connectivity index (χ1) is 14.5. The van der Waals surface area contributed by atoms with Crippen molar-refractivity contribution >= 4 is 5.91 Å². The van der Waals surface area contributed by atoms with Crippen LogP contribution in [-0.4, -0.2) is 22.8 Å². The van der Waals surface area contributed by atoms with Crippen LogP contribution in [0.5, 0.6) is 5.75 Å². The number of aryl methyl sites for hydroxylation is 1. The molecule has 1 aliphatic rings. The van der Waals surface area contributed by atoms with Crippen molar-refractivity contribution in [2.75, 3.05) is 7.11 Å². The fraction of sp³-hybridized carbons (Fsp3) is 0.360. The Bertz CT molecular complexity index is 1020. The maximum Gasteiger partial charge on any atom is 0.220 e. The highest BCUT2D eigenvalue weighted by molar-refractivity contribution is 5.77. The lowest BCUT2D eigenvalue weighted by Gasteiger charge is -2.36. The van der Waals surface area contributed by atoms with Gasteiger partial charge in [0.1, 0.15) is 5.75 Å². The molecule has 1 atom stereocenters. The minimum Gasteiger partial charge on any atom is -0.496 e. The van der Waals surface area contributed by atoms with E-state index in [0.29, 0.717) is 12.8 Å². The Hall–Kier alpha value is -3.08. The number of benzene rings is 2. The number of fused-ring (bicyclic) bond motifs is 1. The van der Waals surface area contributed by atoms with Crippen molar-refractivity contribution in [2.24, 2.45) is 5.41 Å². The van der Waals surface area contributed by atoms with Crippen molar-refractivity contribution in [1.82, 2.24) is 15.1 Å². The van der Waals surface area contributed by atoms with Gasteiger partial charge in [0.2, 0.25) is 5.91 Å². The summed E-state index contributed by atoms with van der Waals surface area (Å²) in [6.45, 7) is 4.51. The molecule has 0 fully saturated rings. The Balaban J connectivity index is 1.51. The Morgan fingerprint density at radius 2 is 1.90 bits per heavy atom.